The van der Waals surface area contributed by atoms with E-state index in [1.54, 1.807) is 6.07 Å². The van der Waals surface area contributed by atoms with E-state index in [0.717, 1.165) is 0 Å². The highest BCUT2D eigenvalue weighted by molar-refractivity contribution is 5.81. The molecule has 0 saturated heterocycles. The first-order chi connectivity index (χ1) is 12.0. The Hall–Kier alpha value is -3.35. The number of benzene rings is 2. The molecule has 0 atom stereocenters. The maximum atomic E-state index is 12.8. The van der Waals surface area contributed by atoms with E-state index < -0.39 is 17.4 Å². The summed E-state index contributed by atoms with van der Waals surface area (Å²) in [5, 5.41) is 9.98. The van der Waals surface area contributed by atoms with Crippen LogP contribution in [0.2, 0.25) is 0 Å². The fourth-order valence-corrected chi connectivity index (χ4v) is 2.21. The smallest absolute Gasteiger partial charge is 0.344 e. The Labute approximate surface area is 141 Å². The molecule has 25 heavy (non-hydrogen) atoms. The Morgan fingerprint density at radius 1 is 1.12 bits per heavy atom. The van der Waals surface area contributed by atoms with E-state index in [1.165, 1.54) is 42.5 Å². The quantitative estimate of drug-likeness (QED) is 0.566. The number of aromatic hydroxyl groups is 1. The van der Waals surface area contributed by atoms with Gasteiger partial charge in [-0.25, -0.2) is 14.0 Å². The first-order valence-electron chi connectivity index (χ1n) is 7.31. The zero-order chi connectivity index (χ0) is 17.8. The Morgan fingerprint density at radius 2 is 1.88 bits per heavy atom. The molecule has 0 unspecified atom stereocenters. The lowest BCUT2D eigenvalue weighted by atomic mass is 10.1. The van der Waals surface area contributed by atoms with Gasteiger partial charge >= 0.3 is 11.6 Å². The van der Waals surface area contributed by atoms with Crippen LogP contribution in [-0.2, 0) is 16.1 Å². The second-order valence-corrected chi connectivity index (χ2v) is 5.17. The van der Waals surface area contributed by atoms with Crippen molar-refractivity contribution in [3.8, 4) is 11.5 Å². The van der Waals surface area contributed by atoms with Gasteiger partial charge in [-0.1, -0.05) is 0 Å². The summed E-state index contributed by atoms with van der Waals surface area (Å²) in [5.41, 5.74) is 0.0224. The number of esters is 1. The monoisotopic (exact) mass is 344 g/mol. The lowest BCUT2D eigenvalue weighted by Gasteiger charge is -2.08. The maximum absolute atomic E-state index is 12.8. The molecule has 1 heterocycles. The van der Waals surface area contributed by atoms with E-state index in [2.05, 4.69) is 0 Å². The van der Waals surface area contributed by atoms with Gasteiger partial charge in [-0.05, 0) is 36.4 Å². The molecule has 0 bridgehead atoms. The number of rotatable bonds is 5. The van der Waals surface area contributed by atoms with Gasteiger partial charge in [-0.3, -0.25) is 0 Å². The Balaban J connectivity index is 1.65. The number of phenolic OH excluding ortho intramolecular Hbond substituents is 1. The number of halogens is 1. The predicted molar refractivity (Wildman–Crippen MR) is 85.8 cm³/mol. The highest BCUT2D eigenvalue weighted by atomic mass is 19.1. The third-order valence-electron chi connectivity index (χ3n) is 3.37. The molecule has 0 spiro atoms. The van der Waals surface area contributed by atoms with Crippen molar-refractivity contribution in [3.63, 3.8) is 0 Å². The summed E-state index contributed by atoms with van der Waals surface area (Å²) in [6, 6.07) is 10.7. The van der Waals surface area contributed by atoms with Crippen molar-refractivity contribution in [1.29, 1.82) is 0 Å². The molecular formula is C18H13FO6. The topological polar surface area (TPSA) is 86.0 Å². The number of ether oxygens (including phenoxy) is 2. The van der Waals surface area contributed by atoms with Crippen molar-refractivity contribution in [2.24, 2.45) is 0 Å². The van der Waals surface area contributed by atoms with Gasteiger partial charge in [0.2, 0.25) is 0 Å². The van der Waals surface area contributed by atoms with Crippen LogP contribution in [0.3, 0.4) is 0 Å². The SMILES string of the molecule is O=C(COc1ccc(F)cc1)OCc1cc(=O)oc2cc(O)ccc12. The summed E-state index contributed by atoms with van der Waals surface area (Å²) in [5.74, 6) is -0.766. The zero-order valence-electron chi connectivity index (χ0n) is 12.9. The average Bonchev–Trinajstić information content (AvgIpc) is 2.58. The summed E-state index contributed by atoms with van der Waals surface area (Å²) in [4.78, 5) is 23.3. The maximum Gasteiger partial charge on any atom is 0.344 e. The molecular weight excluding hydrogens is 331 g/mol. The van der Waals surface area contributed by atoms with E-state index >= 15 is 0 Å². The number of fused-ring (bicyclic) bond motifs is 1. The summed E-state index contributed by atoms with van der Waals surface area (Å²) >= 11 is 0. The second-order valence-electron chi connectivity index (χ2n) is 5.17. The fourth-order valence-electron chi connectivity index (χ4n) is 2.21. The van der Waals surface area contributed by atoms with Gasteiger partial charge in [-0.15, -0.1) is 0 Å². The molecule has 0 aliphatic rings. The molecule has 6 nitrogen and oxygen atoms in total. The molecule has 3 rings (SSSR count). The minimum atomic E-state index is -0.649. The normalized spacial score (nSPS) is 10.6. The van der Waals surface area contributed by atoms with Gasteiger partial charge in [0.1, 0.15) is 29.5 Å². The van der Waals surface area contributed by atoms with Crippen LogP contribution in [0.4, 0.5) is 4.39 Å². The van der Waals surface area contributed by atoms with Crippen LogP contribution < -0.4 is 10.4 Å². The fraction of sp³-hybridized carbons (Fsp3) is 0.111. The van der Waals surface area contributed by atoms with E-state index in [-0.39, 0.29) is 24.5 Å². The van der Waals surface area contributed by atoms with Gasteiger partial charge in [0.15, 0.2) is 6.61 Å². The third-order valence-corrected chi connectivity index (χ3v) is 3.37. The highest BCUT2D eigenvalue weighted by Gasteiger charge is 2.10. The van der Waals surface area contributed by atoms with E-state index in [0.29, 0.717) is 16.7 Å². The van der Waals surface area contributed by atoms with Crippen molar-refractivity contribution in [2.75, 3.05) is 6.61 Å². The third kappa shape index (κ3) is 4.14. The largest absolute Gasteiger partial charge is 0.508 e. The molecule has 0 amide bonds. The second kappa shape index (κ2) is 7.04. The number of hydrogen-bond donors (Lipinski definition) is 1. The minimum Gasteiger partial charge on any atom is -0.508 e. The minimum absolute atomic E-state index is 0.0440. The van der Waals surface area contributed by atoms with Crippen LogP contribution in [0.1, 0.15) is 5.56 Å². The summed E-state index contributed by atoms with van der Waals surface area (Å²) in [6.07, 6.45) is 0. The molecule has 7 heteroatoms. The molecule has 2 aromatic carbocycles. The lowest BCUT2D eigenvalue weighted by Crippen LogP contribution is -2.15. The molecule has 0 aliphatic carbocycles. The lowest BCUT2D eigenvalue weighted by molar-refractivity contribution is -0.147. The van der Waals surface area contributed by atoms with Crippen LogP contribution >= 0.6 is 0 Å². The van der Waals surface area contributed by atoms with E-state index in [9.17, 15) is 19.1 Å². The Bertz CT molecular complexity index is 961. The molecule has 3 aromatic rings. The molecule has 128 valence electrons. The molecule has 0 fully saturated rings. The van der Waals surface area contributed by atoms with Crippen molar-refractivity contribution >= 4 is 16.9 Å². The number of hydrogen-bond acceptors (Lipinski definition) is 6. The van der Waals surface area contributed by atoms with E-state index in [1.807, 2.05) is 0 Å². The Morgan fingerprint density at radius 3 is 2.64 bits per heavy atom. The first kappa shape index (κ1) is 16.5. The van der Waals surface area contributed by atoms with Crippen LogP contribution in [0, 0.1) is 5.82 Å². The number of carbonyl (C=O) groups excluding carboxylic acids is 1. The molecule has 1 N–H and O–H groups in total. The molecule has 0 aliphatic heterocycles. The van der Waals surface area contributed by atoms with Gasteiger partial charge < -0.3 is 19.0 Å². The molecule has 0 saturated carbocycles. The Kier molecular flexibility index (Phi) is 4.65. The van der Waals surface area contributed by atoms with Gasteiger partial charge in [-0.2, -0.15) is 0 Å². The van der Waals surface area contributed by atoms with Crippen LogP contribution in [-0.4, -0.2) is 17.7 Å². The van der Waals surface area contributed by atoms with Crippen molar-refractivity contribution in [3.05, 3.63) is 70.3 Å². The standard InChI is InChI=1S/C18H13FO6/c19-12-1-4-14(5-2-12)23-10-18(22)24-9-11-7-17(21)25-16-8-13(20)3-6-15(11)16/h1-8,20H,9-10H2. The van der Waals surface area contributed by atoms with Crippen LogP contribution in [0.25, 0.3) is 11.0 Å². The summed E-state index contributed by atoms with van der Waals surface area (Å²) < 4.78 is 28.0. The van der Waals surface area contributed by atoms with E-state index in [4.69, 9.17) is 13.9 Å². The highest BCUT2D eigenvalue weighted by Crippen LogP contribution is 2.22. The molecule has 0 radical (unpaired) electrons. The van der Waals surface area contributed by atoms with Gasteiger partial charge in [0.25, 0.3) is 0 Å². The summed E-state index contributed by atoms with van der Waals surface area (Å²) in [6.45, 7) is -0.510. The van der Waals surface area contributed by atoms with Crippen LogP contribution in [0.15, 0.2) is 57.7 Å². The number of carbonyl (C=O) groups is 1. The zero-order valence-corrected chi connectivity index (χ0v) is 12.9. The predicted octanol–water partition coefficient (Wildman–Crippen LogP) is 2.76. The summed E-state index contributed by atoms with van der Waals surface area (Å²) in [7, 11) is 0. The first-order valence-corrected chi connectivity index (χ1v) is 7.31. The number of phenols is 1. The van der Waals surface area contributed by atoms with Crippen molar-refractivity contribution in [2.45, 2.75) is 6.61 Å². The molecule has 1 aromatic heterocycles. The van der Waals surface area contributed by atoms with Crippen molar-refractivity contribution in [1.82, 2.24) is 0 Å². The average molecular weight is 344 g/mol. The van der Waals surface area contributed by atoms with Gasteiger partial charge in [0, 0.05) is 23.1 Å². The van der Waals surface area contributed by atoms with Crippen molar-refractivity contribution < 1.29 is 28.2 Å². The van der Waals surface area contributed by atoms with Crippen LogP contribution in [0.5, 0.6) is 11.5 Å². The van der Waals surface area contributed by atoms with Gasteiger partial charge in [0.05, 0.1) is 0 Å².